The van der Waals surface area contributed by atoms with Crippen molar-refractivity contribution in [3.05, 3.63) is 57.9 Å². The summed E-state index contributed by atoms with van der Waals surface area (Å²) in [6.45, 7) is 10.6. The third kappa shape index (κ3) is 6.43. The number of hydrogen-bond acceptors (Lipinski definition) is 7. The average Bonchev–Trinajstić information content (AvgIpc) is 3.63. The molecule has 1 aliphatic carbocycles. The Kier molecular flexibility index (Phi) is 7.42. The number of carbonyl (C=O) groups excluding carboxylic acids is 1. The molecule has 0 spiro atoms. The van der Waals surface area contributed by atoms with Crippen LogP contribution in [-0.2, 0) is 0 Å². The maximum absolute atomic E-state index is 13.5. The monoisotopic (exact) mass is 518 g/mol. The highest BCUT2D eigenvalue weighted by Gasteiger charge is 2.23. The highest BCUT2D eigenvalue weighted by atomic mass is 32.1. The fourth-order valence-corrected chi connectivity index (χ4v) is 3.60. The van der Waals surface area contributed by atoms with Gasteiger partial charge in [0.05, 0.1) is 18.9 Å². The molecule has 1 amide bonds. The van der Waals surface area contributed by atoms with Crippen molar-refractivity contribution in [2.75, 3.05) is 12.4 Å². The molecule has 0 aliphatic heterocycles. The first-order valence-electron chi connectivity index (χ1n) is 11.1. The van der Waals surface area contributed by atoms with Gasteiger partial charge in [0.1, 0.15) is 17.1 Å². The zero-order valence-electron chi connectivity index (χ0n) is 20.1. The summed E-state index contributed by atoms with van der Waals surface area (Å²) in [7, 11) is 1.37. The number of amides is 1. The minimum Gasteiger partial charge on any atom is -0.494 e. The summed E-state index contributed by atoms with van der Waals surface area (Å²) in [6, 6.07) is 2.65. The van der Waals surface area contributed by atoms with Gasteiger partial charge in [-0.1, -0.05) is 17.3 Å². The molecule has 1 fully saturated rings. The molecule has 3 aromatic heterocycles. The Bertz CT molecular complexity index is 1520. The molecule has 3 aromatic rings. The lowest BCUT2D eigenvalue weighted by atomic mass is 9.99. The smallest absolute Gasteiger partial charge is 0.286 e. The van der Waals surface area contributed by atoms with Crippen molar-refractivity contribution in [1.82, 2.24) is 20.2 Å². The molecule has 1 saturated carbocycles. The van der Waals surface area contributed by atoms with Crippen LogP contribution in [0.1, 0.15) is 59.9 Å². The Morgan fingerprint density at radius 2 is 2.00 bits per heavy atom. The van der Waals surface area contributed by atoms with E-state index < -0.39 is 23.6 Å². The summed E-state index contributed by atoms with van der Waals surface area (Å²) in [5, 5.41) is 11.3. The molecular weight excluding hydrogens is 498 g/mol. The Morgan fingerprint density at radius 1 is 1.22 bits per heavy atom. The lowest BCUT2D eigenvalue weighted by Gasteiger charge is -2.14. The highest BCUT2D eigenvalue weighted by molar-refractivity contribution is 7.15. The fraction of sp³-hybridized carbons (Fsp3) is 0.308. The number of halogens is 2. The Morgan fingerprint density at radius 3 is 2.68 bits per heavy atom. The quantitative estimate of drug-likeness (QED) is 0.377. The van der Waals surface area contributed by atoms with E-state index in [-0.39, 0.29) is 33.3 Å². The van der Waals surface area contributed by atoms with Crippen LogP contribution in [0.2, 0.25) is 0 Å². The van der Waals surface area contributed by atoms with Crippen LogP contribution in [0.4, 0.5) is 13.9 Å². The molecule has 4 rings (SSSR count). The summed E-state index contributed by atoms with van der Waals surface area (Å²) in [5.74, 6) is 11.7. The second-order valence-electron chi connectivity index (χ2n) is 8.56. The third-order valence-corrected chi connectivity index (χ3v) is 5.91. The molecule has 0 unspecified atom stereocenters. The summed E-state index contributed by atoms with van der Waals surface area (Å²) in [5.41, 5.74) is -0.663. The van der Waals surface area contributed by atoms with Crippen LogP contribution in [0.25, 0.3) is 16.0 Å². The topological polar surface area (TPSA) is 94.2 Å². The number of ether oxygens (including phenoxy) is 1. The van der Waals surface area contributed by atoms with Crippen LogP contribution in [0.3, 0.4) is 0 Å². The van der Waals surface area contributed by atoms with E-state index in [4.69, 9.17) is 11.3 Å². The van der Waals surface area contributed by atoms with Crippen molar-refractivity contribution in [3.8, 4) is 40.6 Å². The van der Waals surface area contributed by atoms with Gasteiger partial charge in [-0.05, 0) is 42.7 Å². The molecule has 0 atom stereocenters. The maximum Gasteiger partial charge on any atom is 0.286 e. The van der Waals surface area contributed by atoms with Crippen molar-refractivity contribution >= 4 is 22.4 Å². The largest absolute Gasteiger partial charge is 0.494 e. The van der Waals surface area contributed by atoms with Crippen LogP contribution in [0.5, 0.6) is 5.75 Å². The summed E-state index contributed by atoms with van der Waals surface area (Å²) < 4.78 is 32.3. The van der Waals surface area contributed by atoms with E-state index in [0.29, 0.717) is 10.9 Å². The lowest BCUT2D eigenvalue weighted by molar-refractivity contribution is 0.102. The average molecular weight is 519 g/mol. The number of carbonyl (C=O) groups is 1. The van der Waals surface area contributed by atoms with Crippen molar-refractivity contribution < 1.29 is 18.3 Å². The first kappa shape index (κ1) is 25.7. The highest BCUT2D eigenvalue weighted by Crippen LogP contribution is 2.35. The molecule has 11 heteroatoms. The van der Waals surface area contributed by atoms with Gasteiger partial charge in [0.15, 0.2) is 5.01 Å². The van der Waals surface area contributed by atoms with Gasteiger partial charge < -0.3 is 4.74 Å². The molecule has 0 saturated heterocycles. The minimum absolute atomic E-state index is 0.0699. The summed E-state index contributed by atoms with van der Waals surface area (Å²) >= 11 is 1.13. The van der Waals surface area contributed by atoms with Crippen molar-refractivity contribution in [3.63, 3.8) is 0 Å². The van der Waals surface area contributed by atoms with Gasteiger partial charge in [-0.2, -0.15) is 0 Å². The van der Waals surface area contributed by atoms with Gasteiger partial charge >= 0.3 is 0 Å². The molecular formula is C26H20F2N6O2S. The van der Waals surface area contributed by atoms with E-state index in [1.54, 1.807) is 13.8 Å². The molecule has 0 aromatic carbocycles. The van der Waals surface area contributed by atoms with Gasteiger partial charge in [-0.3, -0.25) is 19.9 Å². The molecule has 8 nitrogen and oxygen atoms in total. The maximum atomic E-state index is 13.5. The molecule has 37 heavy (non-hydrogen) atoms. The molecule has 186 valence electrons. The molecule has 1 N–H and O–H groups in total. The minimum atomic E-state index is -2.83. The van der Waals surface area contributed by atoms with E-state index >= 15 is 0 Å². The third-order valence-electron chi connectivity index (χ3n) is 5.15. The van der Waals surface area contributed by atoms with Gasteiger partial charge in [0.2, 0.25) is 5.13 Å². The second-order valence-corrected chi connectivity index (χ2v) is 9.53. The van der Waals surface area contributed by atoms with Gasteiger partial charge in [0.25, 0.3) is 17.9 Å². The molecule has 0 bridgehead atoms. The fourth-order valence-electron chi connectivity index (χ4n) is 3.00. The summed E-state index contributed by atoms with van der Waals surface area (Å²) in [6.07, 6.45) is 1.77. The number of methoxy groups -OCH3 is 1. The Labute approximate surface area is 216 Å². The number of nitrogens with zero attached hydrogens (tertiary/aromatic N) is 5. The number of alkyl halides is 2. The van der Waals surface area contributed by atoms with E-state index in [2.05, 4.69) is 54.0 Å². The van der Waals surface area contributed by atoms with Crippen LogP contribution in [0, 0.1) is 36.2 Å². The number of hydrogen-bond donors (Lipinski definition) is 1. The standard InChI is InChI=1S/C26H20F2N6O2S/c1-26(2,29-3)10-9-16-11-17(18-12-20(23(27)28)31-14-21(18)36-4)19(13-30-16)24(35)32-25-34-33-22(37-25)8-7-15-5-6-15/h11-15,23H,5-6H2,1-2,4H3,(H,32,34,35). The van der Waals surface area contributed by atoms with Crippen LogP contribution in [-0.4, -0.2) is 38.7 Å². The predicted molar refractivity (Wildman–Crippen MR) is 134 cm³/mol. The predicted octanol–water partition coefficient (Wildman–Crippen LogP) is 5.00. The number of nitrogens with one attached hydrogen (secondary N) is 1. The molecule has 0 radical (unpaired) electrons. The van der Waals surface area contributed by atoms with E-state index in [0.717, 1.165) is 30.2 Å². The SMILES string of the molecule is [C-]#[N+]C(C)(C)C#Cc1cc(-c2cc(C(F)F)ncc2OC)c(C(=O)Nc2nnc(C#CC3CC3)s2)cn1. The Balaban J connectivity index is 1.75. The number of anilines is 1. The number of pyridine rings is 2. The summed E-state index contributed by atoms with van der Waals surface area (Å²) in [4.78, 5) is 24.7. The number of rotatable bonds is 5. The van der Waals surface area contributed by atoms with E-state index in [1.165, 1.54) is 25.6 Å². The van der Waals surface area contributed by atoms with E-state index in [9.17, 15) is 13.6 Å². The first-order valence-corrected chi connectivity index (χ1v) is 11.9. The molecule has 1 aliphatic rings. The second kappa shape index (κ2) is 10.7. The van der Waals surface area contributed by atoms with Gasteiger partial charge in [0, 0.05) is 37.1 Å². The normalized spacial score (nSPS) is 12.6. The zero-order chi connectivity index (χ0) is 26.6. The lowest BCUT2D eigenvalue weighted by Crippen LogP contribution is -2.14. The van der Waals surface area contributed by atoms with Crippen LogP contribution in [0.15, 0.2) is 24.5 Å². The molecule has 3 heterocycles. The number of aromatic nitrogens is 4. The van der Waals surface area contributed by atoms with Gasteiger partial charge in [-0.25, -0.2) is 20.3 Å². The van der Waals surface area contributed by atoms with Crippen LogP contribution < -0.4 is 10.1 Å². The van der Waals surface area contributed by atoms with Crippen molar-refractivity contribution in [2.45, 2.75) is 38.7 Å². The zero-order valence-corrected chi connectivity index (χ0v) is 20.9. The van der Waals surface area contributed by atoms with Crippen molar-refractivity contribution in [1.29, 1.82) is 0 Å². The Hall–Kier alpha value is -4.40. The van der Waals surface area contributed by atoms with Crippen LogP contribution >= 0.6 is 11.3 Å². The first-order chi connectivity index (χ1) is 17.7. The van der Waals surface area contributed by atoms with E-state index in [1.807, 2.05) is 0 Å². The van der Waals surface area contributed by atoms with Crippen molar-refractivity contribution in [2.24, 2.45) is 5.92 Å². The van der Waals surface area contributed by atoms with Gasteiger partial charge in [-0.15, -0.1) is 10.2 Å².